The van der Waals surface area contributed by atoms with E-state index < -0.39 is 5.97 Å². The number of esters is 1. The summed E-state index contributed by atoms with van der Waals surface area (Å²) in [4.78, 5) is 42.1. The van der Waals surface area contributed by atoms with Gasteiger partial charge in [0.2, 0.25) is 0 Å². The maximum Gasteiger partial charge on any atom is 0.337 e. The van der Waals surface area contributed by atoms with Gasteiger partial charge in [0.05, 0.1) is 30.7 Å². The van der Waals surface area contributed by atoms with Crippen LogP contribution in [0.5, 0.6) is 5.75 Å². The summed E-state index contributed by atoms with van der Waals surface area (Å²) in [7, 11) is 1.32. The summed E-state index contributed by atoms with van der Waals surface area (Å²) >= 11 is 0. The van der Waals surface area contributed by atoms with Crippen LogP contribution in [0.15, 0.2) is 72.8 Å². The van der Waals surface area contributed by atoms with Gasteiger partial charge in [-0.15, -0.1) is 0 Å². The van der Waals surface area contributed by atoms with Crippen molar-refractivity contribution in [3.05, 3.63) is 89.5 Å². The van der Waals surface area contributed by atoms with Crippen LogP contribution in [0.3, 0.4) is 0 Å². The van der Waals surface area contributed by atoms with Crippen LogP contribution < -0.4 is 15.0 Å². The van der Waals surface area contributed by atoms with Gasteiger partial charge in [0, 0.05) is 37.3 Å². The van der Waals surface area contributed by atoms with Crippen LogP contribution in [0.2, 0.25) is 0 Å². The number of hydrogen-bond donors (Lipinski definition) is 1. The van der Waals surface area contributed by atoms with E-state index in [1.165, 1.54) is 7.11 Å². The van der Waals surface area contributed by atoms with Gasteiger partial charge in [0.25, 0.3) is 11.8 Å². The number of nitrogens with zero attached hydrogens (tertiary/aromatic N) is 2. The summed E-state index contributed by atoms with van der Waals surface area (Å²) in [5.41, 5.74) is 2.74. The summed E-state index contributed by atoms with van der Waals surface area (Å²) in [6, 6.07) is 21.3. The fraction of sp³-hybridized carbons (Fsp3) is 0.300. The second-order valence-corrected chi connectivity index (χ2v) is 9.55. The van der Waals surface area contributed by atoms with Crippen LogP contribution in [-0.4, -0.2) is 62.6 Å². The monoisotopic (exact) mass is 515 g/mol. The molecule has 3 aromatic carbocycles. The molecular formula is C30H33N3O5. The number of anilines is 2. The van der Waals surface area contributed by atoms with Gasteiger partial charge < -0.3 is 24.6 Å². The highest BCUT2D eigenvalue weighted by Crippen LogP contribution is 2.30. The molecule has 0 aliphatic carbocycles. The first kappa shape index (κ1) is 26.7. The molecule has 1 aliphatic heterocycles. The van der Waals surface area contributed by atoms with Crippen molar-refractivity contribution in [2.75, 3.05) is 50.1 Å². The number of rotatable bonds is 8. The Morgan fingerprint density at radius 3 is 2.13 bits per heavy atom. The molecule has 3 aromatic rings. The smallest absolute Gasteiger partial charge is 0.337 e. The summed E-state index contributed by atoms with van der Waals surface area (Å²) in [6.45, 7) is 6.99. The molecule has 1 heterocycles. The Morgan fingerprint density at radius 1 is 0.842 bits per heavy atom. The third-order valence-electron chi connectivity index (χ3n) is 6.29. The number of carbonyl (C=O) groups is 3. The van der Waals surface area contributed by atoms with E-state index in [1.807, 2.05) is 35.2 Å². The number of amides is 2. The molecule has 8 heteroatoms. The predicted octanol–water partition coefficient (Wildman–Crippen LogP) is 4.72. The van der Waals surface area contributed by atoms with Crippen LogP contribution in [-0.2, 0) is 4.74 Å². The van der Waals surface area contributed by atoms with Gasteiger partial charge in [-0.1, -0.05) is 32.0 Å². The third-order valence-corrected chi connectivity index (χ3v) is 6.29. The fourth-order valence-electron chi connectivity index (χ4n) is 4.23. The van der Waals surface area contributed by atoms with E-state index in [0.29, 0.717) is 66.8 Å². The van der Waals surface area contributed by atoms with Crippen molar-refractivity contribution < 1.29 is 23.9 Å². The lowest BCUT2D eigenvalue weighted by Gasteiger charge is -2.37. The first-order valence-electron chi connectivity index (χ1n) is 12.7. The van der Waals surface area contributed by atoms with E-state index in [9.17, 15) is 14.4 Å². The van der Waals surface area contributed by atoms with E-state index in [1.54, 1.807) is 42.5 Å². The van der Waals surface area contributed by atoms with Crippen molar-refractivity contribution >= 4 is 29.2 Å². The van der Waals surface area contributed by atoms with Gasteiger partial charge in [0.15, 0.2) is 0 Å². The lowest BCUT2D eigenvalue weighted by molar-refractivity contribution is 0.0600. The standard InChI is InChI=1S/C30H33N3O5/c1-21(2)20-38-25-12-9-22(10-13-25)28(34)31-26-19-24(30(36)37-3)11-14-27(26)32-15-17-33(18-16-32)29(35)23-7-5-4-6-8-23/h4-14,19,21H,15-18,20H2,1-3H3,(H,31,34). The van der Waals surface area contributed by atoms with Crippen molar-refractivity contribution in [3.8, 4) is 5.75 Å². The normalized spacial score (nSPS) is 13.3. The van der Waals surface area contributed by atoms with Crippen LogP contribution in [0.1, 0.15) is 44.9 Å². The SMILES string of the molecule is COC(=O)c1ccc(N2CCN(C(=O)c3ccccc3)CC2)c(NC(=O)c2ccc(OCC(C)C)cc2)c1. The molecule has 0 bridgehead atoms. The van der Waals surface area contributed by atoms with Crippen LogP contribution in [0.25, 0.3) is 0 Å². The van der Waals surface area contributed by atoms with Gasteiger partial charge in [-0.3, -0.25) is 9.59 Å². The zero-order chi connectivity index (χ0) is 27.1. The number of carbonyl (C=O) groups excluding carboxylic acids is 3. The summed E-state index contributed by atoms with van der Waals surface area (Å²) in [6.07, 6.45) is 0. The molecule has 0 radical (unpaired) electrons. The second-order valence-electron chi connectivity index (χ2n) is 9.55. The molecule has 1 N–H and O–H groups in total. The molecule has 0 unspecified atom stereocenters. The van der Waals surface area contributed by atoms with E-state index in [-0.39, 0.29) is 11.8 Å². The zero-order valence-corrected chi connectivity index (χ0v) is 22.0. The largest absolute Gasteiger partial charge is 0.493 e. The highest BCUT2D eigenvalue weighted by atomic mass is 16.5. The molecule has 8 nitrogen and oxygen atoms in total. The van der Waals surface area contributed by atoms with E-state index in [2.05, 4.69) is 24.1 Å². The second kappa shape index (κ2) is 12.3. The highest BCUT2D eigenvalue weighted by Gasteiger charge is 2.25. The van der Waals surface area contributed by atoms with Gasteiger partial charge in [-0.2, -0.15) is 0 Å². The molecule has 4 rings (SSSR count). The topological polar surface area (TPSA) is 88.2 Å². The summed E-state index contributed by atoms with van der Waals surface area (Å²) < 4.78 is 10.6. The molecule has 0 saturated carbocycles. The van der Waals surface area contributed by atoms with Crippen molar-refractivity contribution in [2.45, 2.75) is 13.8 Å². The Morgan fingerprint density at radius 2 is 1.50 bits per heavy atom. The number of benzene rings is 3. The lowest BCUT2D eigenvalue weighted by Crippen LogP contribution is -2.49. The average molecular weight is 516 g/mol. The zero-order valence-electron chi connectivity index (χ0n) is 22.0. The van der Waals surface area contributed by atoms with Gasteiger partial charge in [-0.25, -0.2) is 4.79 Å². The minimum Gasteiger partial charge on any atom is -0.493 e. The minimum atomic E-state index is -0.489. The van der Waals surface area contributed by atoms with Crippen molar-refractivity contribution in [1.82, 2.24) is 4.90 Å². The van der Waals surface area contributed by atoms with Crippen molar-refractivity contribution in [2.24, 2.45) is 5.92 Å². The van der Waals surface area contributed by atoms with E-state index in [4.69, 9.17) is 9.47 Å². The first-order valence-corrected chi connectivity index (χ1v) is 12.7. The molecule has 1 saturated heterocycles. The van der Waals surface area contributed by atoms with Gasteiger partial charge >= 0.3 is 5.97 Å². The Bertz CT molecular complexity index is 1270. The average Bonchev–Trinajstić information content (AvgIpc) is 2.96. The number of ether oxygens (including phenoxy) is 2. The molecule has 1 fully saturated rings. The van der Waals surface area contributed by atoms with E-state index >= 15 is 0 Å². The molecule has 198 valence electrons. The Labute approximate surface area is 223 Å². The molecule has 0 aromatic heterocycles. The summed E-state index contributed by atoms with van der Waals surface area (Å²) in [5, 5.41) is 2.96. The lowest BCUT2D eigenvalue weighted by atomic mass is 10.1. The maximum absolute atomic E-state index is 13.1. The van der Waals surface area contributed by atoms with Gasteiger partial charge in [0.1, 0.15) is 5.75 Å². The Balaban J connectivity index is 1.49. The molecule has 0 spiro atoms. The Hall–Kier alpha value is -4.33. The molecule has 38 heavy (non-hydrogen) atoms. The molecular weight excluding hydrogens is 482 g/mol. The number of nitrogens with one attached hydrogen (secondary N) is 1. The predicted molar refractivity (Wildman–Crippen MR) is 147 cm³/mol. The molecule has 1 aliphatic rings. The minimum absolute atomic E-state index is 0.000589. The van der Waals surface area contributed by atoms with E-state index in [0.717, 1.165) is 5.69 Å². The maximum atomic E-state index is 13.1. The molecule has 2 amide bonds. The molecule has 0 atom stereocenters. The van der Waals surface area contributed by atoms with Crippen molar-refractivity contribution in [1.29, 1.82) is 0 Å². The quantitative estimate of drug-likeness (QED) is 0.437. The summed E-state index contributed by atoms with van der Waals surface area (Å²) in [5.74, 6) is 0.308. The van der Waals surface area contributed by atoms with Crippen LogP contribution in [0.4, 0.5) is 11.4 Å². The number of piperazine rings is 1. The first-order chi connectivity index (χ1) is 18.4. The Kier molecular flexibility index (Phi) is 8.63. The fourth-order valence-corrected chi connectivity index (χ4v) is 4.23. The van der Waals surface area contributed by atoms with Crippen molar-refractivity contribution in [3.63, 3.8) is 0 Å². The van der Waals surface area contributed by atoms with Gasteiger partial charge in [-0.05, 0) is 60.5 Å². The number of methoxy groups -OCH3 is 1. The number of hydrogen-bond acceptors (Lipinski definition) is 6. The third kappa shape index (κ3) is 6.51. The van der Waals surface area contributed by atoms with Crippen LogP contribution >= 0.6 is 0 Å². The van der Waals surface area contributed by atoms with Crippen LogP contribution in [0, 0.1) is 5.92 Å². The highest BCUT2D eigenvalue weighted by molar-refractivity contribution is 6.07.